The molecule has 2 aliphatic heterocycles. The molecule has 75 heavy (non-hydrogen) atoms. The van der Waals surface area contributed by atoms with Gasteiger partial charge in [-0.3, -0.25) is 9.69 Å². The molecule has 0 amide bonds. The van der Waals surface area contributed by atoms with Crippen LogP contribution in [0.2, 0.25) is 0 Å². The molecule has 19 nitrogen and oxygen atoms in total. The van der Waals surface area contributed by atoms with E-state index in [1.165, 1.54) is 21.3 Å². The predicted molar refractivity (Wildman–Crippen MR) is 289 cm³/mol. The van der Waals surface area contributed by atoms with Crippen LogP contribution in [0, 0.1) is 0 Å². The second-order valence-electron chi connectivity index (χ2n) is 16.1. The Morgan fingerprint density at radius 2 is 1.15 bits per heavy atom. The van der Waals surface area contributed by atoms with Gasteiger partial charge in [0.2, 0.25) is 5.97 Å². The summed E-state index contributed by atoms with van der Waals surface area (Å²) in [6.45, 7) is 5.60. The quantitative estimate of drug-likeness (QED) is 0.104. The average Bonchev–Trinajstić information content (AvgIpc) is 4.27. The van der Waals surface area contributed by atoms with Crippen LogP contribution in [0.5, 0.6) is 0 Å². The van der Waals surface area contributed by atoms with E-state index in [-0.39, 0.29) is 45.4 Å². The number of rotatable bonds is 8. The van der Waals surface area contributed by atoms with Crippen LogP contribution in [0.25, 0.3) is 44.6 Å². The number of pyridine rings is 2. The number of halogens is 2. The summed E-state index contributed by atoms with van der Waals surface area (Å²) in [4.78, 5) is 58.1. The summed E-state index contributed by atoms with van der Waals surface area (Å²) in [5.74, 6) is -1.74. The summed E-state index contributed by atoms with van der Waals surface area (Å²) >= 11 is 10.1. The molecule has 2 aromatic carbocycles. The Morgan fingerprint density at radius 3 is 1.53 bits per heavy atom. The number of aliphatic hydroxyl groups excluding tert-OH is 1. The summed E-state index contributed by atoms with van der Waals surface area (Å²) in [6, 6.07) is 21.2. The van der Waals surface area contributed by atoms with Crippen molar-refractivity contribution in [3.63, 3.8) is 0 Å². The first-order valence-electron chi connectivity index (χ1n) is 22.4. The summed E-state index contributed by atoms with van der Waals surface area (Å²) in [7, 11) is -0.104. The number of fused-ring (bicyclic) bond motifs is 2. The maximum absolute atomic E-state index is 13.3. The number of hydrogen-bond donors (Lipinski definition) is 2. The normalized spacial score (nSPS) is 15.1. The van der Waals surface area contributed by atoms with E-state index in [1.54, 1.807) is 108 Å². The molecule has 0 saturated carbocycles. The first kappa shape index (κ1) is 61.2. The molecule has 0 bridgehead atoms. The monoisotopic (exact) mass is 1230 g/mol. The van der Waals surface area contributed by atoms with Crippen molar-refractivity contribution in [3.8, 4) is 22.5 Å². The molecule has 3 radical (unpaired) electrons. The summed E-state index contributed by atoms with van der Waals surface area (Å²) in [5.41, 5.74) is 3.85. The van der Waals surface area contributed by atoms with E-state index in [1.807, 2.05) is 22.9 Å². The fourth-order valence-corrected chi connectivity index (χ4v) is 13.0. The van der Waals surface area contributed by atoms with E-state index in [0.29, 0.717) is 17.3 Å². The van der Waals surface area contributed by atoms with Crippen LogP contribution >= 0.6 is 54.5 Å². The summed E-state index contributed by atoms with van der Waals surface area (Å²) in [5, 5.41) is 18.1. The maximum Gasteiger partial charge on any atom is 1.00 e. The molecule has 0 aliphatic carbocycles. The van der Waals surface area contributed by atoms with Gasteiger partial charge in [-0.25, -0.2) is 64.1 Å². The van der Waals surface area contributed by atoms with E-state index >= 15 is 0 Å². The maximum atomic E-state index is 13.3. The van der Waals surface area contributed by atoms with Crippen LogP contribution in [-0.4, -0.2) is 108 Å². The minimum atomic E-state index is -3.78. The van der Waals surface area contributed by atoms with Gasteiger partial charge in [-0.2, -0.15) is 0 Å². The number of likely N-dealkylation sites (tertiary alicyclic amines) is 1. The second kappa shape index (κ2) is 28.1. The Hall–Kier alpha value is -4.71. The summed E-state index contributed by atoms with van der Waals surface area (Å²) in [6.07, 6.45) is 11.0. The van der Waals surface area contributed by atoms with Gasteiger partial charge in [0.1, 0.15) is 10.0 Å². The molecule has 2 aliphatic rings. The number of carbonyl (C=O) groups is 3. The van der Waals surface area contributed by atoms with Crippen molar-refractivity contribution in [2.24, 2.45) is 0 Å². The minimum absolute atomic E-state index is 0. The van der Waals surface area contributed by atoms with E-state index in [4.69, 9.17) is 15.1 Å². The topological polar surface area (TPSA) is 244 Å². The first-order valence-corrected chi connectivity index (χ1v) is 28.6. The third kappa shape index (κ3) is 15.3. The number of aliphatic hydroxyl groups is 1. The van der Waals surface area contributed by atoms with Crippen LogP contribution in [0.3, 0.4) is 0 Å². The fraction of sp³-hybridized carbons (Fsp3) is 0.271. The Morgan fingerprint density at radius 1 is 0.707 bits per heavy atom. The molecule has 8 heterocycles. The Kier molecular flexibility index (Phi) is 22.9. The standard InChI is InChI=1S/C21H19BrN4O2S2.C20H17BrN4O2S2.C4H6O4.C2H3BO2.CH4O.Na/c1-25-9-5-8-19(25)21-24-18(13-29-21)17-12-26(20-16(17)10-14(22)11-23-20)30(27,28)15-6-3-2-4-7-15;21-13-9-15-16(18-12-28-20(24-18)17-7-4-8-22-17)11-25(19(15)23-10-13)29(26,27)14-5-2-1-3-6-14;1-3(5)7-8-4(2)6;1-2(4)5-3;1-2;/h2-4,6-7,10-13,19H,5,8-9H2,1H3;1-3,5-6,9-12,17,22H,4,7-8H2;1-2H3;1H3;2H,1H3;/q;;;-1;;+1. The molecule has 2 unspecified atom stereocenters. The van der Waals surface area contributed by atoms with Crippen LogP contribution in [0.4, 0.5) is 0 Å². The summed E-state index contributed by atoms with van der Waals surface area (Å²) < 4.78 is 60.9. The molecule has 27 heteroatoms. The molecule has 389 valence electrons. The van der Waals surface area contributed by atoms with Crippen molar-refractivity contribution < 1.29 is 80.3 Å². The molecule has 2 atom stereocenters. The zero-order chi connectivity index (χ0) is 53.7. The molecule has 10 rings (SSSR count). The molecule has 2 N–H and O–H groups in total. The van der Waals surface area contributed by atoms with Crippen LogP contribution in [-0.2, 0) is 48.9 Å². The van der Waals surface area contributed by atoms with Crippen LogP contribution in [0.1, 0.15) is 68.6 Å². The van der Waals surface area contributed by atoms with E-state index in [9.17, 15) is 31.2 Å². The van der Waals surface area contributed by atoms with Crippen molar-refractivity contribution in [1.29, 1.82) is 0 Å². The van der Waals surface area contributed by atoms with Gasteiger partial charge in [0.05, 0.1) is 33.3 Å². The number of aromatic nitrogens is 6. The molecule has 2 fully saturated rings. The number of thiazole rings is 2. The Labute approximate surface area is 482 Å². The minimum Gasteiger partial charge on any atom is -0.793 e. The van der Waals surface area contributed by atoms with Gasteiger partial charge >= 0.3 is 41.5 Å². The van der Waals surface area contributed by atoms with Crippen molar-refractivity contribution in [1.82, 2.24) is 38.1 Å². The van der Waals surface area contributed by atoms with Gasteiger partial charge in [0.25, 0.3) is 20.0 Å². The van der Waals surface area contributed by atoms with E-state index in [2.05, 4.69) is 81.6 Å². The second-order valence-corrected chi connectivity index (χ2v) is 23.3. The fourth-order valence-electron chi connectivity index (χ4n) is 7.67. The third-order valence-electron chi connectivity index (χ3n) is 11.0. The van der Waals surface area contributed by atoms with Crippen LogP contribution in [0.15, 0.2) is 127 Å². The molecule has 2 saturated heterocycles. The Balaban J connectivity index is 0.000000217. The van der Waals surface area contributed by atoms with Gasteiger partial charge in [0, 0.05) is 94.3 Å². The molecule has 6 aromatic heterocycles. The number of nitrogens with one attached hydrogen (secondary N) is 1. The molecule has 8 aromatic rings. The zero-order valence-electron chi connectivity index (χ0n) is 41.4. The van der Waals surface area contributed by atoms with Crippen LogP contribution < -0.4 is 34.9 Å². The Bertz CT molecular complexity index is 3440. The SMILES string of the molecule is CC(=O)OOC(C)=O.CN1CCCC1c1nc(-c2cn(S(=O)(=O)c3ccccc3)c3ncc(Br)cc23)cs1.CO.O=S(=O)(c1ccccc1)n1cc(-c2csc(C3CCCN3)n2)c2cc(Br)cnc21.[B-]OC(C)=O.[Na+]. The van der Waals surface area contributed by atoms with E-state index in [0.717, 1.165) is 106 Å². The van der Waals surface area contributed by atoms with Gasteiger partial charge in [0.15, 0.2) is 11.3 Å². The average molecular weight is 1240 g/mol. The number of hydrogen-bond acceptors (Lipinski definition) is 19. The van der Waals surface area contributed by atoms with Crippen molar-refractivity contribution in [2.75, 3.05) is 27.2 Å². The largest absolute Gasteiger partial charge is 1.00 e. The molecule has 0 spiro atoms. The smallest absolute Gasteiger partial charge is 0.793 e. The van der Waals surface area contributed by atoms with Crippen molar-refractivity contribution in [3.05, 3.63) is 127 Å². The number of carbonyl (C=O) groups excluding carboxylic acids is 3. The third-order valence-corrected chi connectivity index (χ3v) is 17.1. The van der Waals surface area contributed by atoms with Gasteiger partial charge in [-0.15, -0.1) is 22.7 Å². The predicted octanol–water partition coefficient (Wildman–Crippen LogP) is 5.78. The van der Waals surface area contributed by atoms with E-state index < -0.39 is 38.0 Å². The first-order chi connectivity index (χ1) is 35.4. The molecular weight excluding hydrogens is 1190 g/mol. The zero-order valence-corrected chi connectivity index (χ0v) is 49.9. The van der Waals surface area contributed by atoms with Gasteiger partial charge in [-0.1, -0.05) is 36.4 Å². The van der Waals surface area contributed by atoms with Gasteiger partial charge in [-0.05, 0) is 114 Å². The number of benzene rings is 2. The van der Waals surface area contributed by atoms with Crippen molar-refractivity contribution >= 4 is 123 Å². The molecular formula is C48H49BBr2N8NaO11S4. The van der Waals surface area contributed by atoms with Gasteiger partial charge < -0.3 is 23.1 Å². The van der Waals surface area contributed by atoms with Crippen molar-refractivity contribution in [2.45, 2.75) is 68.3 Å². The number of nitrogens with zero attached hydrogens (tertiary/aromatic N) is 7.